The Morgan fingerprint density at radius 2 is 1.44 bits per heavy atom. The summed E-state index contributed by atoms with van der Waals surface area (Å²) >= 11 is 0. The van der Waals surface area contributed by atoms with Gasteiger partial charge in [-0.05, 0) is 24.0 Å². The van der Waals surface area contributed by atoms with Gasteiger partial charge in [0, 0.05) is 6.04 Å². The fraction of sp³-hybridized carbons (Fsp3) is 0.333. The van der Waals surface area contributed by atoms with Crippen LogP contribution in [0.2, 0.25) is 0 Å². The summed E-state index contributed by atoms with van der Waals surface area (Å²) in [5, 5.41) is 2.94. The molecule has 2 aromatic rings. The molecule has 1 aliphatic carbocycles. The topological polar surface area (TPSA) is 55.4 Å². The lowest BCUT2D eigenvalue weighted by Gasteiger charge is -2.17. The highest BCUT2D eigenvalue weighted by atomic mass is 16.5. The first-order valence-electron chi connectivity index (χ1n) is 8.80. The Morgan fingerprint density at radius 3 is 1.96 bits per heavy atom. The predicted octanol–water partition coefficient (Wildman–Crippen LogP) is 3.42. The van der Waals surface area contributed by atoms with Crippen molar-refractivity contribution in [2.75, 3.05) is 6.61 Å². The van der Waals surface area contributed by atoms with Crippen LogP contribution in [0, 0.1) is 0 Å². The molecule has 1 N–H and O–H groups in total. The monoisotopic (exact) mass is 337 g/mol. The molecule has 1 aliphatic rings. The van der Waals surface area contributed by atoms with Crippen molar-refractivity contribution in [2.24, 2.45) is 0 Å². The summed E-state index contributed by atoms with van der Waals surface area (Å²) in [7, 11) is 0. The first kappa shape index (κ1) is 17.2. The molecule has 0 heterocycles. The summed E-state index contributed by atoms with van der Waals surface area (Å²) in [6.07, 6.45) is 4.32. The van der Waals surface area contributed by atoms with Crippen LogP contribution in [0.5, 0.6) is 0 Å². The van der Waals surface area contributed by atoms with E-state index < -0.39 is 11.9 Å². The number of nitrogens with one attached hydrogen (secondary N) is 1. The zero-order valence-electron chi connectivity index (χ0n) is 14.2. The fourth-order valence-electron chi connectivity index (χ4n) is 3.32. The lowest BCUT2D eigenvalue weighted by atomic mass is 9.91. The molecule has 130 valence electrons. The van der Waals surface area contributed by atoms with Crippen molar-refractivity contribution < 1.29 is 14.3 Å². The van der Waals surface area contributed by atoms with E-state index >= 15 is 0 Å². The first-order chi connectivity index (χ1) is 12.2. The Balaban J connectivity index is 1.66. The summed E-state index contributed by atoms with van der Waals surface area (Å²) in [6.45, 7) is -0.231. The minimum absolute atomic E-state index is 0.222. The van der Waals surface area contributed by atoms with Gasteiger partial charge in [-0.1, -0.05) is 73.5 Å². The van der Waals surface area contributed by atoms with E-state index in [1.807, 2.05) is 60.7 Å². The highest BCUT2D eigenvalue weighted by molar-refractivity contribution is 5.85. The summed E-state index contributed by atoms with van der Waals surface area (Å²) in [6, 6.07) is 19.2. The quantitative estimate of drug-likeness (QED) is 0.822. The predicted molar refractivity (Wildman–Crippen MR) is 96.1 cm³/mol. The third-order valence-electron chi connectivity index (χ3n) is 4.57. The molecule has 4 heteroatoms. The van der Waals surface area contributed by atoms with Crippen LogP contribution in [0.25, 0.3) is 0 Å². The van der Waals surface area contributed by atoms with Crippen molar-refractivity contribution >= 4 is 11.9 Å². The highest BCUT2D eigenvalue weighted by Crippen LogP contribution is 2.26. The molecule has 0 atom stereocenters. The lowest BCUT2D eigenvalue weighted by molar-refractivity contribution is -0.149. The van der Waals surface area contributed by atoms with Gasteiger partial charge in [-0.15, -0.1) is 0 Å². The Kier molecular flexibility index (Phi) is 5.83. The Bertz CT molecular complexity index is 654. The molecule has 1 fully saturated rings. The van der Waals surface area contributed by atoms with Crippen molar-refractivity contribution in [1.82, 2.24) is 5.32 Å². The molecule has 4 nitrogen and oxygen atoms in total. The number of carbonyl (C=O) groups excluding carboxylic acids is 2. The zero-order chi connectivity index (χ0) is 17.5. The standard InChI is InChI=1S/C21H23NO3/c23-19(22-18-13-7-8-14-18)15-25-21(24)20(16-9-3-1-4-10-16)17-11-5-2-6-12-17/h1-6,9-12,18,20H,7-8,13-15H2,(H,22,23). The molecule has 0 saturated heterocycles. The van der Waals surface area contributed by atoms with E-state index in [9.17, 15) is 9.59 Å². The van der Waals surface area contributed by atoms with E-state index in [0.717, 1.165) is 36.8 Å². The largest absolute Gasteiger partial charge is 0.455 e. The van der Waals surface area contributed by atoms with Gasteiger partial charge in [-0.3, -0.25) is 9.59 Å². The van der Waals surface area contributed by atoms with Gasteiger partial charge < -0.3 is 10.1 Å². The van der Waals surface area contributed by atoms with Crippen molar-refractivity contribution in [2.45, 2.75) is 37.6 Å². The van der Waals surface area contributed by atoms with Crippen molar-refractivity contribution in [3.8, 4) is 0 Å². The summed E-state index contributed by atoms with van der Waals surface area (Å²) in [5.41, 5.74) is 1.71. The fourth-order valence-corrected chi connectivity index (χ4v) is 3.32. The van der Waals surface area contributed by atoms with E-state index in [1.165, 1.54) is 0 Å². The van der Waals surface area contributed by atoms with E-state index in [4.69, 9.17) is 4.74 Å². The van der Waals surface area contributed by atoms with Crippen LogP contribution >= 0.6 is 0 Å². The third kappa shape index (κ3) is 4.69. The lowest BCUT2D eigenvalue weighted by Crippen LogP contribution is -2.36. The zero-order valence-corrected chi connectivity index (χ0v) is 14.2. The summed E-state index contributed by atoms with van der Waals surface area (Å²) < 4.78 is 5.33. The molecule has 0 aliphatic heterocycles. The maximum atomic E-state index is 12.7. The van der Waals surface area contributed by atoms with Gasteiger partial charge in [0.05, 0.1) is 0 Å². The molecule has 0 aromatic heterocycles. The summed E-state index contributed by atoms with van der Waals surface area (Å²) in [4.78, 5) is 24.7. The van der Waals surface area contributed by atoms with E-state index in [2.05, 4.69) is 5.32 Å². The van der Waals surface area contributed by atoms with E-state index in [1.54, 1.807) is 0 Å². The molecule has 0 radical (unpaired) electrons. The molecule has 0 unspecified atom stereocenters. The van der Waals surface area contributed by atoms with Crippen LogP contribution in [-0.2, 0) is 14.3 Å². The van der Waals surface area contributed by atoms with Gasteiger partial charge in [0.15, 0.2) is 6.61 Å². The average molecular weight is 337 g/mol. The maximum Gasteiger partial charge on any atom is 0.318 e. The molecule has 0 bridgehead atoms. The first-order valence-corrected chi connectivity index (χ1v) is 8.80. The Hall–Kier alpha value is -2.62. The second-order valence-electron chi connectivity index (χ2n) is 6.41. The van der Waals surface area contributed by atoms with Gasteiger partial charge in [0.2, 0.25) is 0 Å². The van der Waals surface area contributed by atoms with Crippen LogP contribution in [-0.4, -0.2) is 24.5 Å². The van der Waals surface area contributed by atoms with Crippen LogP contribution in [0.4, 0.5) is 0 Å². The second-order valence-corrected chi connectivity index (χ2v) is 6.41. The number of rotatable bonds is 6. The van der Waals surface area contributed by atoms with E-state index in [0.29, 0.717) is 0 Å². The molecule has 3 rings (SSSR count). The Morgan fingerprint density at radius 1 is 0.920 bits per heavy atom. The van der Waals surface area contributed by atoms with Gasteiger partial charge in [-0.25, -0.2) is 0 Å². The van der Waals surface area contributed by atoms with Crippen molar-refractivity contribution in [3.05, 3.63) is 71.8 Å². The van der Waals surface area contributed by atoms with Crippen molar-refractivity contribution in [3.63, 3.8) is 0 Å². The van der Waals surface area contributed by atoms with Crippen LogP contribution in [0.3, 0.4) is 0 Å². The highest BCUT2D eigenvalue weighted by Gasteiger charge is 2.25. The minimum atomic E-state index is -0.526. The second kappa shape index (κ2) is 8.47. The van der Waals surface area contributed by atoms with Gasteiger partial charge in [-0.2, -0.15) is 0 Å². The molecule has 2 aromatic carbocycles. The molecular formula is C21H23NO3. The number of benzene rings is 2. The summed E-state index contributed by atoms with van der Waals surface area (Å²) in [5.74, 6) is -1.15. The number of amides is 1. The number of carbonyl (C=O) groups is 2. The van der Waals surface area contributed by atoms with Crippen LogP contribution < -0.4 is 5.32 Å². The molecule has 25 heavy (non-hydrogen) atoms. The number of hydrogen-bond donors (Lipinski definition) is 1. The molecule has 1 saturated carbocycles. The van der Waals surface area contributed by atoms with Crippen LogP contribution in [0.1, 0.15) is 42.7 Å². The van der Waals surface area contributed by atoms with Gasteiger partial charge >= 0.3 is 5.97 Å². The molecule has 1 amide bonds. The average Bonchev–Trinajstić information content (AvgIpc) is 3.15. The van der Waals surface area contributed by atoms with Crippen molar-refractivity contribution in [1.29, 1.82) is 0 Å². The molecule has 0 spiro atoms. The smallest absolute Gasteiger partial charge is 0.318 e. The normalized spacial score (nSPS) is 14.4. The SMILES string of the molecule is O=C(COC(=O)C(c1ccccc1)c1ccccc1)NC1CCCC1. The Labute approximate surface area is 148 Å². The number of hydrogen-bond acceptors (Lipinski definition) is 3. The maximum absolute atomic E-state index is 12.7. The third-order valence-corrected chi connectivity index (χ3v) is 4.57. The van der Waals surface area contributed by atoms with Gasteiger partial charge in [0.1, 0.15) is 5.92 Å². The number of ether oxygens (including phenoxy) is 1. The number of esters is 1. The molecular weight excluding hydrogens is 314 g/mol. The van der Waals surface area contributed by atoms with Crippen LogP contribution in [0.15, 0.2) is 60.7 Å². The van der Waals surface area contributed by atoms with Gasteiger partial charge in [0.25, 0.3) is 5.91 Å². The minimum Gasteiger partial charge on any atom is -0.455 e. The van der Waals surface area contributed by atoms with E-state index in [-0.39, 0.29) is 18.6 Å².